The lowest BCUT2D eigenvalue weighted by Gasteiger charge is -2.68. The fraction of sp³-hybridized carbons (Fsp3) is 0.852. The number of nitrogens with zero attached hydrogens (tertiary/aromatic N) is 2. The first-order valence-electron chi connectivity index (χ1n) is 13.5. The van der Waals surface area contributed by atoms with Gasteiger partial charge >= 0.3 is 0 Å². The third kappa shape index (κ3) is 3.01. The van der Waals surface area contributed by atoms with Gasteiger partial charge in [0.1, 0.15) is 11.4 Å². The van der Waals surface area contributed by atoms with Crippen LogP contribution in [0.1, 0.15) is 66.2 Å². The summed E-state index contributed by atoms with van der Waals surface area (Å²) in [4.78, 5) is 12.5. The van der Waals surface area contributed by atoms with Gasteiger partial charge in [-0.1, -0.05) is 27.7 Å². The van der Waals surface area contributed by atoms with E-state index < -0.39 is 6.10 Å². The minimum atomic E-state index is -0.510. The molecule has 2 saturated carbocycles. The summed E-state index contributed by atoms with van der Waals surface area (Å²) >= 11 is 0. The zero-order valence-corrected chi connectivity index (χ0v) is 21.2. The van der Waals surface area contributed by atoms with E-state index in [0.29, 0.717) is 24.8 Å². The van der Waals surface area contributed by atoms with Crippen molar-refractivity contribution in [3.63, 3.8) is 0 Å². The molecule has 6 rings (SSSR count). The Morgan fingerprint density at radius 1 is 1.18 bits per heavy atom. The Morgan fingerprint density at radius 2 is 1.94 bits per heavy atom. The Kier molecular flexibility index (Phi) is 5.17. The number of rotatable bonds is 1. The number of aliphatic hydroxyl groups excluding tert-OH is 1. The van der Waals surface area contributed by atoms with Crippen LogP contribution in [0, 0.1) is 34.5 Å². The second-order valence-electron chi connectivity index (χ2n) is 12.5. The maximum atomic E-state index is 12.5. The number of fused-ring (bicyclic) bond motifs is 2. The highest BCUT2D eigenvalue weighted by Gasteiger charge is 2.69. The summed E-state index contributed by atoms with van der Waals surface area (Å²) < 4.78 is 12.8. The van der Waals surface area contributed by atoms with Crippen LogP contribution >= 0.6 is 0 Å². The number of hydrogen-bond donors (Lipinski definition) is 2. The zero-order chi connectivity index (χ0) is 23.9. The van der Waals surface area contributed by atoms with Crippen LogP contribution in [0.2, 0.25) is 0 Å². The molecule has 0 aromatic heterocycles. The maximum Gasteiger partial charge on any atom is 0.227 e. The summed E-state index contributed by atoms with van der Waals surface area (Å²) in [5.74, 6) is 1.65. The summed E-state index contributed by atoms with van der Waals surface area (Å²) in [5.41, 5.74) is 2.02. The van der Waals surface area contributed by atoms with Gasteiger partial charge in [-0.15, -0.1) is 0 Å². The van der Waals surface area contributed by atoms with Crippen LogP contribution in [0.4, 0.5) is 0 Å². The Labute approximate surface area is 203 Å². The van der Waals surface area contributed by atoms with Crippen LogP contribution in [0.5, 0.6) is 0 Å². The van der Waals surface area contributed by atoms with E-state index in [-0.39, 0.29) is 34.2 Å². The van der Waals surface area contributed by atoms with E-state index >= 15 is 0 Å². The molecular weight excluding hydrogens is 430 g/mol. The minimum absolute atomic E-state index is 0.00213. The summed E-state index contributed by atoms with van der Waals surface area (Å²) in [6, 6.07) is 0. The standard InChI is InChI=1S/C27H41N3O4/c1-16-5-6-21-25(2,3)22(29-30-9-11-33-12-10-30)7-8-27(21)26(16,4)14-18-20(31)13-17-19(23(18)34-27)15-28-24(17)32/h16-18,20-21,31H,5-15H2,1-4H3,(H,28,32). The van der Waals surface area contributed by atoms with Crippen molar-refractivity contribution in [2.24, 2.45) is 39.6 Å². The summed E-state index contributed by atoms with van der Waals surface area (Å²) in [6.07, 6.45) is 5.15. The Hall–Kier alpha value is -1.60. The van der Waals surface area contributed by atoms with Crippen molar-refractivity contribution in [3.8, 4) is 0 Å². The van der Waals surface area contributed by atoms with Gasteiger partial charge < -0.3 is 19.9 Å². The van der Waals surface area contributed by atoms with E-state index in [4.69, 9.17) is 14.6 Å². The smallest absolute Gasteiger partial charge is 0.227 e. The lowest BCUT2D eigenvalue weighted by atomic mass is 9.43. The number of nitrogens with one attached hydrogen (secondary N) is 1. The van der Waals surface area contributed by atoms with Crippen molar-refractivity contribution >= 4 is 11.6 Å². The van der Waals surface area contributed by atoms with Gasteiger partial charge in [-0.3, -0.25) is 9.80 Å². The van der Waals surface area contributed by atoms with Crippen LogP contribution in [-0.4, -0.2) is 66.3 Å². The van der Waals surface area contributed by atoms with Crippen LogP contribution < -0.4 is 5.32 Å². The number of aliphatic hydroxyl groups is 1. The predicted molar refractivity (Wildman–Crippen MR) is 129 cm³/mol. The van der Waals surface area contributed by atoms with Crippen LogP contribution in [-0.2, 0) is 14.3 Å². The number of carbonyl (C=O) groups is 1. The molecule has 7 heteroatoms. The normalized spacial score (nSPS) is 46.7. The maximum absolute atomic E-state index is 12.5. The topological polar surface area (TPSA) is 83.4 Å². The molecule has 34 heavy (non-hydrogen) atoms. The molecule has 2 N–H and O–H groups in total. The van der Waals surface area contributed by atoms with Gasteiger partial charge in [-0.05, 0) is 50.0 Å². The fourth-order valence-corrected chi connectivity index (χ4v) is 8.57. The molecule has 0 bridgehead atoms. The second-order valence-corrected chi connectivity index (χ2v) is 12.5. The van der Waals surface area contributed by atoms with Gasteiger partial charge in [0.25, 0.3) is 0 Å². The third-order valence-corrected chi connectivity index (χ3v) is 10.8. The number of amides is 1. The molecule has 3 heterocycles. The molecule has 3 aliphatic heterocycles. The average molecular weight is 472 g/mol. The van der Waals surface area contributed by atoms with Gasteiger partial charge in [0.2, 0.25) is 5.91 Å². The van der Waals surface area contributed by atoms with Gasteiger partial charge in [0.15, 0.2) is 0 Å². The van der Waals surface area contributed by atoms with E-state index in [0.717, 1.165) is 63.3 Å². The SMILES string of the molecule is CC1CCC2C(C)(C)C(=NN3CCOCC3)CCC23OC2=C4CNC(=O)C4CC(O)C2CC13C. The number of carbonyl (C=O) groups excluding carboxylic acids is 1. The molecule has 7 nitrogen and oxygen atoms in total. The highest BCUT2D eigenvalue weighted by atomic mass is 16.5. The van der Waals surface area contributed by atoms with Gasteiger partial charge in [-0.2, -0.15) is 5.10 Å². The minimum Gasteiger partial charge on any atom is -0.490 e. The monoisotopic (exact) mass is 471 g/mol. The largest absolute Gasteiger partial charge is 0.490 e. The molecule has 0 aromatic rings. The molecule has 188 valence electrons. The predicted octanol–water partition coefficient (Wildman–Crippen LogP) is 3.09. The lowest BCUT2D eigenvalue weighted by molar-refractivity contribution is -0.251. The average Bonchev–Trinajstić information content (AvgIpc) is 3.17. The van der Waals surface area contributed by atoms with Crippen molar-refractivity contribution in [2.75, 3.05) is 32.8 Å². The summed E-state index contributed by atoms with van der Waals surface area (Å²) in [6.45, 7) is 13.4. The first-order valence-corrected chi connectivity index (χ1v) is 13.5. The highest BCUT2D eigenvalue weighted by Crippen LogP contribution is 2.68. The number of hydrogen-bond acceptors (Lipinski definition) is 6. The molecule has 0 radical (unpaired) electrons. The van der Waals surface area contributed by atoms with E-state index in [1.54, 1.807) is 0 Å². The molecular formula is C27H41N3O4. The first-order chi connectivity index (χ1) is 16.2. The molecule has 3 aliphatic carbocycles. The van der Waals surface area contributed by atoms with Crippen LogP contribution in [0.3, 0.4) is 0 Å². The van der Waals surface area contributed by atoms with Crippen molar-refractivity contribution in [1.29, 1.82) is 0 Å². The summed E-state index contributed by atoms with van der Waals surface area (Å²) in [7, 11) is 0. The molecule has 7 atom stereocenters. The van der Waals surface area contributed by atoms with Gasteiger partial charge in [0, 0.05) is 34.9 Å². The number of ether oxygens (including phenoxy) is 2. The quantitative estimate of drug-likeness (QED) is 0.614. The van der Waals surface area contributed by atoms with Crippen LogP contribution in [0.25, 0.3) is 0 Å². The summed E-state index contributed by atoms with van der Waals surface area (Å²) in [5, 5.41) is 21.6. The van der Waals surface area contributed by atoms with E-state index in [2.05, 4.69) is 38.0 Å². The molecule has 7 unspecified atom stereocenters. The zero-order valence-electron chi connectivity index (χ0n) is 21.2. The van der Waals surface area contributed by atoms with Crippen molar-refractivity contribution in [2.45, 2.75) is 77.9 Å². The lowest BCUT2D eigenvalue weighted by Crippen LogP contribution is -2.69. The fourth-order valence-electron chi connectivity index (χ4n) is 8.57. The highest BCUT2D eigenvalue weighted by molar-refractivity contribution is 5.91. The first kappa shape index (κ1) is 22.8. The van der Waals surface area contributed by atoms with E-state index in [1.807, 2.05) is 0 Å². The third-order valence-electron chi connectivity index (χ3n) is 10.8. The number of morpholine rings is 1. The van der Waals surface area contributed by atoms with Gasteiger partial charge in [-0.25, -0.2) is 0 Å². The van der Waals surface area contributed by atoms with E-state index in [9.17, 15) is 9.90 Å². The Balaban J connectivity index is 1.42. The molecule has 0 aromatic carbocycles. The van der Waals surface area contributed by atoms with Crippen molar-refractivity contribution in [3.05, 3.63) is 11.3 Å². The molecule has 6 aliphatic rings. The van der Waals surface area contributed by atoms with Crippen molar-refractivity contribution < 1.29 is 19.4 Å². The molecule has 1 amide bonds. The molecule has 1 spiro atoms. The van der Waals surface area contributed by atoms with Gasteiger partial charge in [0.05, 0.1) is 38.3 Å². The van der Waals surface area contributed by atoms with Crippen LogP contribution in [0.15, 0.2) is 16.4 Å². The Morgan fingerprint density at radius 3 is 2.71 bits per heavy atom. The van der Waals surface area contributed by atoms with E-state index in [1.165, 1.54) is 12.1 Å². The number of hydrazone groups is 1. The Bertz CT molecular complexity index is 938. The molecule has 3 saturated heterocycles. The second kappa shape index (κ2) is 7.70. The van der Waals surface area contributed by atoms with Crippen molar-refractivity contribution in [1.82, 2.24) is 10.3 Å². The molecule has 5 fully saturated rings.